The van der Waals surface area contributed by atoms with Crippen molar-refractivity contribution in [2.75, 3.05) is 13.2 Å². The van der Waals surface area contributed by atoms with E-state index in [1.54, 1.807) is 6.08 Å². The summed E-state index contributed by atoms with van der Waals surface area (Å²) < 4.78 is 26.2. The molecule has 0 heterocycles. The van der Waals surface area contributed by atoms with Crippen molar-refractivity contribution in [2.24, 2.45) is 0 Å². The second kappa shape index (κ2) is 39.9. The molecule has 0 bridgehead atoms. The van der Waals surface area contributed by atoms with E-state index in [1.807, 2.05) is 12.2 Å². The van der Waals surface area contributed by atoms with Gasteiger partial charge in [0.05, 0.1) is 6.61 Å². The number of ether oxygens (including phenoxy) is 2. The maximum atomic E-state index is 12.4. The number of phosphoric ester groups is 1. The van der Waals surface area contributed by atoms with Gasteiger partial charge in [0.1, 0.15) is 6.61 Å². The molecule has 318 valence electrons. The van der Waals surface area contributed by atoms with Crippen LogP contribution in [-0.4, -0.2) is 46.8 Å². The molecular formula is C45H79O9P. The third kappa shape index (κ3) is 42.7. The van der Waals surface area contributed by atoms with Crippen LogP contribution in [0.25, 0.3) is 0 Å². The first-order valence-corrected chi connectivity index (χ1v) is 23.4. The molecule has 0 saturated carbocycles. The number of ketones is 1. The van der Waals surface area contributed by atoms with Crippen LogP contribution in [0.1, 0.15) is 200 Å². The number of esters is 2. The fraction of sp³-hybridized carbons (Fsp3) is 0.756. The summed E-state index contributed by atoms with van der Waals surface area (Å²) in [5.41, 5.74) is 0. The molecule has 2 N–H and O–H groups in total. The smallest absolute Gasteiger partial charge is 0.462 e. The monoisotopic (exact) mass is 795 g/mol. The average Bonchev–Trinajstić information content (AvgIpc) is 3.15. The fourth-order valence-electron chi connectivity index (χ4n) is 6.03. The Kier molecular flexibility index (Phi) is 38.2. The first-order valence-electron chi connectivity index (χ1n) is 21.9. The summed E-state index contributed by atoms with van der Waals surface area (Å²) in [5.74, 6) is -1.27. The number of unbranched alkanes of at least 4 members (excludes halogenated alkanes) is 21. The highest BCUT2D eigenvalue weighted by Crippen LogP contribution is 2.36. The Morgan fingerprint density at radius 3 is 1.55 bits per heavy atom. The van der Waals surface area contributed by atoms with Crippen molar-refractivity contribution in [2.45, 2.75) is 206 Å². The first-order chi connectivity index (χ1) is 26.7. The van der Waals surface area contributed by atoms with Crippen LogP contribution in [0.3, 0.4) is 0 Å². The van der Waals surface area contributed by atoms with E-state index in [-0.39, 0.29) is 38.1 Å². The lowest BCUT2D eigenvalue weighted by molar-refractivity contribution is -0.161. The molecular weight excluding hydrogens is 715 g/mol. The Balaban J connectivity index is 4.05. The number of rotatable bonds is 40. The minimum absolute atomic E-state index is 0.0764. The van der Waals surface area contributed by atoms with E-state index in [9.17, 15) is 18.9 Å². The molecule has 0 aromatic heterocycles. The number of phosphoric acid groups is 1. The van der Waals surface area contributed by atoms with Crippen LogP contribution in [0, 0.1) is 0 Å². The van der Waals surface area contributed by atoms with Gasteiger partial charge in [-0.25, -0.2) is 4.57 Å². The van der Waals surface area contributed by atoms with Crippen molar-refractivity contribution in [3.8, 4) is 0 Å². The van der Waals surface area contributed by atoms with Gasteiger partial charge >= 0.3 is 19.8 Å². The molecule has 0 aliphatic carbocycles. The van der Waals surface area contributed by atoms with Gasteiger partial charge in [-0.05, 0) is 44.6 Å². The molecule has 10 heteroatoms. The van der Waals surface area contributed by atoms with Gasteiger partial charge in [0, 0.05) is 19.3 Å². The average molecular weight is 795 g/mol. The number of carbonyl (C=O) groups excluding carboxylic acids is 3. The zero-order chi connectivity index (χ0) is 40.5. The summed E-state index contributed by atoms with van der Waals surface area (Å²) in [4.78, 5) is 55.0. The molecule has 0 radical (unpaired) electrons. The maximum Gasteiger partial charge on any atom is 0.469 e. The highest BCUT2D eigenvalue weighted by Gasteiger charge is 2.23. The molecule has 0 rings (SSSR count). The summed E-state index contributed by atoms with van der Waals surface area (Å²) in [6.45, 7) is 3.47. The quantitative estimate of drug-likeness (QED) is 0.0155. The predicted octanol–water partition coefficient (Wildman–Crippen LogP) is 12.7. The van der Waals surface area contributed by atoms with Gasteiger partial charge in [-0.3, -0.25) is 18.9 Å². The van der Waals surface area contributed by atoms with Crippen LogP contribution in [0.2, 0.25) is 0 Å². The second-order valence-electron chi connectivity index (χ2n) is 14.7. The Morgan fingerprint density at radius 2 is 1.00 bits per heavy atom. The van der Waals surface area contributed by atoms with Gasteiger partial charge < -0.3 is 19.3 Å². The Bertz CT molecular complexity index is 1090. The van der Waals surface area contributed by atoms with E-state index in [0.29, 0.717) is 6.42 Å². The lowest BCUT2D eigenvalue weighted by Crippen LogP contribution is -2.29. The van der Waals surface area contributed by atoms with Crippen molar-refractivity contribution in [1.29, 1.82) is 0 Å². The molecule has 0 aromatic rings. The zero-order valence-electron chi connectivity index (χ0n) is 34.8. The fourth-order valence-corrected chi connectivity index (χ4v) is 6.39. The third-order valence-corrected chi connectivity index (χ3v) is 9.81. The van der Waals surface area contributed by atoms with Crippen LogP contribution < -0.4 is 0 Å². The molecule has 0 unspecified atom stereocenters. The lowest BCUT2D eigenvalue weighted by Gasteiger charge is -2.18. The van der Waals surface area contributed by atoms with E-state index in [0.717, 1.165) is 38.5 Å². The number of allylic oxidation sites excluding steroid dienone is 8. The Hall–Kier alpha value is -2.32. The summed E-state index contributed by atoms with van der Waals surface area (Å²) in [6.07, 6.45) is 45.5. The summed E-state index contributed by atoms with van der Waals surface area (Å²) in [5, 5.41) is 0. The highest BCUT2D eigenvalue weighted by atomic mass is 31.2. The minimum Gasteiger partial charge on any atom is -0.462 e. The van der Waals surface area contributed by atoms with Gasteiger partial charge in [0.2, 0.25) is 0 Å². The van der Waals surface area contributed by atoms with Gasteiger partial charge in [-0.15, -0.1) is 0 Å². The molecule has 1 atom stereocenters. The lowest BCUT2D eigenvalue weighted by atomic mass is 10.0. The molecule has 9 nitrogen and oxygen atoms in total. The number of hydrogen-bond acceptors (Lipinski definition) is 7. The van der Waals surface area contributed by atoms with Crippen LogP contribution in [-0.2, 0) is 32.9 Å². The molecule has 0 aliphatic heterocycles. The van der Waals surface area contributed by atoms with E-state index in [2.05, 4.69) is 42.7 Å². The first kappa shape index (κ1) is 52.7. The largest absolute Gasteiger partial charge is 0.469 e. The van der Waals surface area contributed by atoms with E-state index >= 15 is 0 Å². The summed E-state index contributed by atoms with van der Waals surface area (Å²) in [7, 11) is -4.82. The molecule has 0 aliphatic rings. The van der Waals surface area contributed by atoms with Crippen LogP contribution in [0.4, 0.5) is 0 Å². The molecule has 0 saturated heterocycles. The summed E-state index contributed by atoms with van der Waals surface area (Å²) in [6, 6.07) is 0. The Morgan fingerprint density at radius 1 is 0.527 bits per heavy atom. The van der Waals surface area contributed by atoms with Crippen LogP contribution in [0.5, 0.6) is 0 Å². The van der Waals surface area contributed by atoms with Crippen LogP contribution in [0.15, 0.2) is 48.6 Å². The van der Waals surface area contributed by atoms with E-state index in [4.69, 9.17) is 19.3 Å². The SMILES string of the molecule is CCCCC/C=C\C/C=C\C/C=C\C=C\C(=O)CCCC(=O)O[C@H](COC(=O)CCCCCCCCCCCCCCCCCCCCC)COP(=O)(O)O. The second-order valence-corrected chi connectivity index (χ2v) is 16.0. The Labute approximate surface area is 335 Å². The predicted molar refractivity (Wildman–Crippen MR) is 226 cm³/mol. The van der Waals surface area contributed by atoms with Gasteiger partial charge in [-0.1, -0.05) is 185 Å². The van der Waals surface area contributed by atoms with Crippen LogP contribution >= 0.6 is 7.82 Å². The van der Waals surface area contributed by atoms with Crippen molar-refractivity contribution in [1.82, 2.24) is 0 Å². The third-order valence-electron chi connectivity index (χ3n) is 9.33. The van der Waals surface area contributed by atoms with Gasteiger partial charge in [0.25, 0.3) is 0 Å². The number of carbonyl (C=O) groups is 3. The van der Waals surface area contributed by atoms with Crippen molar-refractivity contribution in [3.63, 3.8) is 0 Å². The van der Waals surface area contributed by atoms with E-state index < -0.39 is 32.5 Å². The molecule has 0 spiro atoms. The maximum absolute atomic E-state index is 12.4. The topological polar surface area (TPSA) is 136 Å². The van der Waals surface area contributed by atoms with E-state index in [1.165, 1.54) is 122 Å². The minimum atomic E-state index is -4.82. The van der Waals surface area contributed by atoms with Gasteiger partial charge in [-0.2, -0.15) is 0 Å². The standard InChI is InChI=1S/C45H79O9P/c1-3-5-7-9-11-13-15-17-18-19-20-21-22-24-26-28-30-32-34-38-44(47)52-40-43(41-53-55(49,50)51)54-45(48)39-35-37-42(46)36-33-31-29-27-25-23-16-14-12-10-8-6-4-2/h12,14,23,25,29,31,33,36,43H,3-11,13,15-22,24,26-28,30,32,34-35,37-41H2,1-2H3,(H2,49,50,51)/b14-12-,25-23-,31-29-,36-33+/t43-/m1/s1. The zero-order valence-corrected chi connectivity index (χ0v) is 35.7. The normalized spacial score (nSPS) is 12.8. The molecule has 55 heavy (non-hydrogen) atoms. The summed E-state index contributed by atoms with van der Waals surface area (Å²) >= 11 is 0. The highest BCUT2D eigenvalue weighted by molar-refractivity contribution is 7.46. The number of hydrogen-bond donors (Lipinski definition) is 2. The van der Waals surface area contributed by atoms with Gasteiger partial charge in [0.15, 0.2) is 11.9 Å². The van der Waals surface area contributed by atoms with Crippen molar-refractivity contribution < 1.29 is 42.7 Å². The molecule has 0 fully saturated rings. The van der Waals surface area contributed by atoms with Crippen molar-refractivity contribution >= 4 is 25.5 Å². The molecule has 0 aromatic carbocycles. The molecule has 0 amide bonds. The van der Waals surface area contributed by atoms with Crippen molar-refractivity contribution in [3.05, 3.63) is 48.6 Å².